The molecule has 1 aromatic carbocycles. The second-order valence-electron chi connectivity index (χ2n) is 4.60. The number of nitrogens with one attached hydrogen (secondary N) is 1. The number of hydrogen-bond donors (Lipinski definition) is 1. The van der Waals surface area contributed by atoms with E-state index in [1.165, 1.54) is 0 Å². The van der Waals surface area contributed by atoms with Gasteiger partial charge in [-0.25, -0.2) is 0 Å². The average molecular weight is 304 g/mol. The summed E-state index contributed by atoms with van der Waals surface area (Å²) in [6.45, 7) is 6.58. The molecular formula is C15H26ClNO3. The largest absolute Gasteiger partial charge is 0.493 e. The number of benzene rings is 1. The van der Waals surface area contributed by atoms with Gasteiger partial charge < -0.3 is 19.5 Å². The van der Waals surface area contributed by atoms with Gasteiger partial charge >= 0.3 is 0 Å². The maximum atomic E-state index is 5.49. The summed E-state index contributed by atoms with van der Waals surface area (Å²) in [6.07, 6.45) is 1.31. The van der Waals surface area contributed by atoms with Crippen LogP contribution in [0.4, 0.5) is 0 Å². The van der Waals surface area contributed by atoms with Crippen LogP contribution in [0, 0.1) is 0 Å². The van der Waals surface area contributed by atoms with Crippen LogP contribution in [0.1, 0.15) is 25.8 Å². The van der Waals surface area contributed by atoms with Gasteiger partial charge in [0, 0.05) is 18.7 Å². The Morgan fingerprint density at radius 3 is 2.50 bits per heavy atom. The Morgan fingerprint density at radius 1 is 1.15 bits per heavy atom. The van der Waals surface area contributed by atoms with E-state index in [1.54, 1.807) is 14.2 Å². The predicted octanol–water partition coefficient (Wildman–Crippen LogP) is 3.03. The summed E-state index contributed by atoms with van der Waals surface area (Å²) in [5.41, 5.74) is 1.10. The maximum absolute atomic E-state index is 5.49. The Balaban J connectivity index is 0.00000361. The molecule has 0 unspecified atom stereocenters. The van der Waals surface area contributed by atoms with Crippen molar-refractivity contribution in [1.82, 2.24) is 5.32 Å². The Morgan fingerprint density at radius 2 is 1.90 bits per heavy atom. The molecule has 0 heterocycles. The lowest BCUT2D eigenvalue weighted by Crippen LogP contribution is -2.17. The van der Waals surface area contributed by atoms with Gasteiger partial charge in [0.15, 0.2) is 11.5 Å². The third-order valence-corrected chi connectivity index (χ3v) is 2.75. The maximum Gasteiger partial charge on any atom is 0.165 e. The van der Waals surface area contributed by atoms with Crippen molar-refractivity contribution in [3.63, 3.8) is 0 Å². The highest BCUT2D eigenvalue weighted by molar-refractivity contribution is 5.85. The van der Waals surface area contributed by atoms with Gasteiger partial charge in [-0.2, -0.15) is 0 Å². The lowest BCUT2D eigenvalue weighted by atomic mass is 10.2. The number of halogens is 1. The molecule has 1 N–H and O–H groups in total. The summed E-state index contributed by atoms with van der Waals surface area (Å²) in [5, 5.41) is 3.39. The standard InChI is InChI=1S/C15H25NO3.ClH/c1-12(2)19-10-6-9-16-11-13-7-5-8-14(17-3)15(13)18-4;/h5,7-8,12,16H,6,9-11H2,1-4H3;1H. The topological polar surface area (TPSA) is 39.7 Å². The van der Waals surface area contributed by atoms with E-state index in [2.05, 4.69) is 19.2 Å². The first-order chi connectivity index (χ1) is 9.19. The molecule has 0 spiro atoms. The van der Waals surface area contributed by atoms with Crippen LogP contribution < -0.4 is 14.8 Å². The first-order valence-corrected chi connectivity index (χ1v) is 6.71. The fourth-order valence-electron chi connectivity index (χ4n) is 1.83. The van der Waals surface area contributed by atoms with Gasteiger partial charge in [0.1, 0.15) is 0 Å². The van der Waals surface area contributed by atoms with E-state index in [4.69, 9.17) is 14.2 Å². The van der Waals surface area contributed by atoms with E-state index < -0.39 is 0 Å². The summed E-state index contributed by atoms with van der Waals surface area (Å²) in [5.74, 6) is 1.57. The van der Waals surface area contributed by atoms with Gasteiger partial charge in [0.25, 0.3) is 0 Å². The molecular weight excluding hydrogens is 278 g/mol. The number of methoxy groups -OCH3 is 2. The van der Waals surface area contributed by atoms with E-state index in [9.17, 15) is 0 Å². The van der Waals surface area contributed by atoms with Gasteiger partial charge in [-0.3, -0.25) is 0 Å². The molecule has 0 atom stereocenters. The molecule has 0 radical (unpaired) electrons. The molecule has 0 saturated carbocycles. The molecule has 20 heavy (non-hydrogen) atoms. The minimum Gasteiger partial charge on any atom is -0.493 e. The molecule has 5 heteroatoms. The molecule has 1 aromatic rings. The molecule has 0 aliphatic heterocycles. The van der Waals surface area contributed by atoms with Crippen LogP contribution in [-0.2, 0) is 11.3 Å². The Kier molecular flexibility index (Phi) is 10.3. The number of rotatable bonds is 9. The molecule has 0 fully saturated rings. The van der Waals surface area contributed by atoms with Crippen LogP contribution in [-0.4, -0.2) is 33.5 Å². The van der Waals surface area contributed by atoms with Crippen molar-refractivity contribution in [1.29, 1.82) is 0 Å². The van der Waals surface area contributed by atoms with Crippen LogP contribution >= 0.6 is 12.4 Å². The summed E-state index contributed by atoms with van der Waals surface area (Å²) in [6, 6.07) is 5.91. The second kappa shape index (κ2) is 10.8. The van der Waals surface area contributed by atoms with Crippen molar-refractivity contribution in [2.45, 2.75) is 32.9 Å². The second-order valence-corrected chi connectivity index (χ2v) is 4.60. The molecule has 0 amide bonds. The van der Waals surface area contributed by atoms with Crippen molar-refractivity contribution < 1.29 is 14.2 Å². The van der Waals surface area contributed by atoms with E-state index >= 15 is 0 Å². The van der Waals surface area contributed by atoms with Gasteiger partial charge in [0.2, 0.25) is 0 Å². The van der Waals surface area contributed by atoms with Gasteiger partial charge in [-0.05, 0) is 32.9 Å². The van der Waals surface area contributed by atoms with Gasteiger partial charge in [0.05, 0.1) is 20.3 Å². The first kappa shape index (κ1) is 19.0. The van der Waals surface area contributed by atoms with Crippen molar-refractivity contribution in [3.8, 4) is 11.5 Å². The molecule has 0 bridgehead atoms. The highest BCUT2D eigenvalue weighted by Crippen LogP contribution is 2.30. The van der Waals surface area contributed by atoms with Crippen molar-refractivity contribution in [3.05, 3.63) is 23.8 Å². The highest BCUT2D eigenvalue weighted by atomic mass is 35.5. The SMILES string of the molecule is COc1cccc(CNCCCOC(C)C)c1OC.Cl. The average Bonchev–Trinajstić information content (AvgIpc) is 2.41. The number of ether oxygens (including phenoxy) is 3. The lowest BCUT2D eigenvalue weighted by molar-refractivity contribution is 0.0770. The van der Waals surface area contributed by atoms with Crippen LogP contribution in [0.25, 0.3) is 0 Å². The summed E-state index contributed by atoms with van der Waals surface area (Å²) in [4.78, 5) is 0. The minimum absolute atomic E-state index is 0. The first-order valence-electron chi connectivity index (χ1n) is 6.71. The molecule has 116 valence electrons. The fourth-order valence-corrected chi connectivity index (χ4v) is 1.83. The normalized spacial score (nSPS) is 10.2. The Bertz CT molecular complexity index is 372. The van der Waals surface area contributed by atoms with Crippen LogP contribution in [0.2, 0.25) is 0 Å². The highest BCUT2D eigenvalue weighted by Gasteiger charge is 2.08. The quantitative estimate of drug-likeness (QED) is 0.712. The monoisotopic (exact) mass is 303 g/mol. The van der Waals surface area contributed by atoms with E-state index in [0.29, 0.717) is 6.10 Å². The van der Waals surface area contributed by atoms with Crippen LogP contribution in [0.15, 0.2) is 18.2 Å². The Hall–Kier alpha value is -0.970. The lowest BCUT2D eigenvalue weighted by Gasteiger charge is -2.13. The zero-order valence-corrected chi connectivity index (χ0v) is 13.6. The van der Waals surface area contributed by atoms with Gasteiger partial charge in [-0.15, -0.1) is 12.4 Å². The minimum atomic E-state index is 0. The van der Waals surface area contributed by atoms with E-state index in [0.717, 1.165) is 43.2 Å². The van der Waals surface area contributed by atoms with E-state index in [1.807, 2.05) is 18.2 Å². The van der Waals surface area contributed by atoms with Crippen molar-refractivity contribution >= 4 is 12.4 Å². The molecule has 1 rings (SSSR count). The molecule has 4 nitrogen and oxygen atoms in total. The van der Waals surface area contributed by atoms with Crippen molar-refractivity contribution in [2.75, 3.05) is 27.4 Å². The third-order valence-electron chi connectivity index (χ3n) is 2.75. The summed E-state index contributed by atoms with van der Waals surface area (Å²) in [7, 11) is 3.32. The molecule has 0 saturated heterocycles. The van der Waals surface area contributed by atoms with Crippen LogP contribution in [0.5, 0.6) is 11.5 Å². The zero-order valence-electron chi connectivity index (χ0n) is 12.8. The fraction of sp³-hybridized carbons (Fsp3) is 0.600. The summed E-state index contributed by atoms with van der Waals surface area (Å²) >= 11 is 0. The molecule has 0 aliphatic rings. The van der Waals surface area contributed by atoms with E-state index in [-0.39, 0.29) is 12.4 Å². The zero-order chi connectivity index (χ0) is 14.1. The van der Waals surface area contributed by atoms with Gasteiger partial charge in [-0.1, -0.05) is 12.1 Å². The predicted molar refractivity (Wildman–Crippen MR) is 84.2 cm³/mol. The smallest absolute Gasteiger partial charge is 0.165 e. The number of para-hydroxylation sites is 1. The molecule has 0 aromatic heterocycles. The molecule has 0 aliphatic carbocycles. The van der Waals surface area contributed by atoms with Crippen LogP contribution in [0.3, 0.4) is 0 Å². The third kappa shape index (κ3) is 6.46. The number of hydrogen-bond acceptors (Lipinski definition) is 4. The van der Waals surface area contributed by atoms with Crippen molar-refractivity contribution in [2.24, 2.45) is 0 Å². The summed E-state index contributed by atoms with van der Waals surface area (Å²) < 4.78 is 16.2. The Labute approximate surface area is 128 Å².